The number of nitrogens with zero attached hydrogens (tertiary/aromatic N) is 3. The van der Waals surface area contributed by atoms with Gasteiger partial charge in [-0.15, -0.1) is 0 Å². The fourth-order valence-corrected chi connectivity index (χ4v) is 5.37. The van der Waals surface area contributed by atoms with E-state index >= 15 is 0 Å². The van der Waals surface area contributed by atoms with Gasteiger partial charge in [0, 0.05) is 31.7 Å². The summed E-state index contributed by atoms with van der Waals surface area (Å²) >= 11 is 0. The van der Waals surface area contributed by atoms with E-state index in [-0.39, 0.29) is 6.67 Å². The van der Waals surface area contributed by atoms with Crippen LogP contribution in [0.25, 0.3) is 0 Å². The van der Waals surface area contributed by atoms with Gasteiger partial charge in [-0.25, -0.2) is 14.4 Å². The molecule has 3 fully saturated rings. The van der Waals surface area contributed by atoms with E-state index in [9.17, 15) is 4.39 Å². The van der Waals surface area contributed by atoms with Gasteiger partial charge in [0.1, 0.15) is 6.67 Å². The molecule has 3 aliphatic rings. The second-order valence-corrected chi connectivity index (χ2v) is 9.34. The van der Waals surface area contributed by atoms with Crippen molar-refractivity contribution in [1.29, 1.82) is 0 Å². The predicted octanol–water partition coefficient (Wildman–Crippen LogP) is 3.63. The lowest BCUT2D eigenvalue weighted by atomic mass is 9.52. The highest BCUT2D eigenvalue weighted by atomic mass is 19.1. The third-order valence-electron chi connectivity index (χ3n) is 7.02. The van der Waals surface area contributed by atoms with Crippen LogP contribution < -0.4 is 15.5 Å². The monoisotopic (exact) mass is 375 g/mol. The number of piperidine rings is 1. The first-order valence-corrected chi connectivity index (χ1v) is 10.7. The summed E-state index contributed by atoms with van der Waals surface area (Å²) in [7, 11) is 0. The number of rotatable bonds is 7. The molecule has 2 aliphatic carbocycles. The summed E-state index contributed by atoms with van der Waals surface area (Å²) in [6.45, 7) is 7.02. The lowest BCUT2D eigenvalue weighted by Gasteiger charge is -2.58. The van der Waals surface area contributed by atoms with Gasteiger partial charge in [0.15, 0.2) is 0 Å². The molecule has 2 saturated carbocycles. The summed E-state index contributed by atoms with van der Waals surface area (Å²) in [6.07, 6.45) is 11.2. The Hall–Kier alpha value is -1.43. The minimum atomic E-state index is -0.264. The van der Waals surface area contributed by atoms with Crippen molar-refractivity contribution in [2.45, 2.75) is 64.5 Å². The van der Waals surface area contributed by atoms with Gasteiger partial charge in [-0.1, -0.05) is 13.8 Å². The molecular weight excluding hydrogens is 341 g/mol. The minimum absolute atomic E-state index is 0.264. The number of nitrogens with one attached hydrogen (secondary N) is 2. The first-order valence-electron chi connectivity index (χ1n) is 10.7. The van der Waals surface area contributed by atoms with Crippen molar-refractivity contribution >= 4 is 11.6 Å². The van der Waals surface area contributed by atoms with Gasteiger partial charge in [-0.2, -0.15) is 0 Å². The summed E-state index contributed by atoms with van der Waals surface area (Å²) in [6, 6.07) is 1.06. The van der Waals surface area contributed by atoms with E-state index in [2.05, 4.69) is 39.3 Å². The quantitative estimate of drug-likeness (QED) is 0.762. The average molecular weight is 376 g/mol. The molecule has 27 heavy (non-hydrogen) atoms. The number of anilines is 2. The topological polar surface area (TPSA) is 53.1 Å². The lowest BCUT2D eigenvalue weighted by molar-refractivity contribution is -0.0122. The first kappa shape index (κ1) is 18.9. The summed E-state index contributed by atoms with van der Waals surface area (Å²) in [4.78, 5) is 11.5. The van der Waals surface area contributed by atoms with Crippen molar-refractivity contribution in [2.75, 3.05) is 36.5 Å². The van der Waals surface area contributed by atoms with Gasteiger partial charge in [-0.3, -0.25) is 0 Å². The molecule has 0 bridgehead atoms. The molecule has 4 rings (SSSR count). The average Bonchev–Trinajstić information content (AvgIpc) is 2.62. The first-order chi connectivity index (χ1) is 13.1. The van der Waals surface area contributed by atoms with Crippen LogP contribution in [0.4, 0.5) is 16.0 Å². The van der Waals surface area contributed by atoms with E-state index < -0.39 is 0 Å². The molecule has 0 aromatic carbocycles. The third kappa shape index (κ3) is 4.20. The van der Waals surface area contributed by atoms with Gasteiger partial charge in [0.05, 0.1) is 18.1 Å². The van der Waals surface area contributed by atoms with E-state index in [0.717, 1.165) is 36.6 Å². The highest BCUT2D eigenvalue weighted by Gasteiger charge is 2.52. The highest BCUT2D eigenvalue weighted by Crippen LogP contribution is 2.56. The molecular formula is C21H34FN5. The summed E-state index contributed by atoms with van der Waals surface area (Å²) in [5.41, 5.74) is 1.54. The maximum Gasteiger partial charge on any atom is 0.225 e. The smallest absolute Gasteiger partial charge is 0.225 e. The molecule has 2 N–H and O–H groups in total. The Labute approximate surface area is 162 Å². The fourth-order valence-electron chi connectivity index (χ4n) is 5.37. The number of aromatic nitrogens is 2. The number of hydrogen-bond acceptors (Lipinski definition) is 5. The zero-order valence-corrected chi connectivity index (χ0v) is 16.8. The molecule has 5 nitrogen and oxygen atoms in total. The Kier molecular flexibility index (Phi) is 5.53. The van der Waals surface area contributed by atoms with Gasteiger partial charge in [0.25, 0.3) is 0 Å². The van der Waals surface area contributed by atoms with Crippen LogP contribution in [0.2, 0.25) is 0 Å². The molecule has 6 heteroatoms. The van der Waals surface area contributed by atoms with E-state index in [1.807, 2.05) is 12.4 Å². The van der Waals surface area contributed by atoms with Gasteiger partial charge in [0.2, 0.25) is 5.95 Å². The Morgan fingerprint density at radius 2 is 1.74 bits per heavy atom. The Bertz CT molecular complexity index is 598. The second kappa shape index (κ2) is 7.90. The predicted molar refractivity (Wildman–Crippen MR) is 108 cm³/mol. The van der Waals surface area contributed by atoms with Crippen molar-refractivity contribution < 1.29 is 4.39 Å². The largest absolute Gasteiger partial charge is 0.380 e. The molecule has 2 heterocycles. The van der Waals surface area contributed by atoms with Crippen LogP contribution in [0.3, 0.4) is 0 Å². The standard InChI is InChI=1S/C21H34FN5/c1-15(2)16-3-7-27(8-4-16)20-24-13-19(14-25-20)26-18-11-21(12-18)9-17(10-21)23-6-5-22/h13-18,23,26H,3-12H2,1-2H3. The van der Waals surface area contributed by atoms with Crippen LogP contribution in [0, 0.1) is 17.3 Å². The maximum atomic E-state index is 12.2. The summed E-state index contributed by atoms with van der Waals surface area (Å²) < 4.78 is 12.2. The fraction of sp³-hybridized carbons (Fsp3) is 0.810. The van der Waals surface area contributed by atoms with E-state index in [1.165, 1.54) is 38.5 Å². The molecule has 1 saturated heterocycles. The Morgan fingerprint density at radius 3 is 2.33 bits per heavy atom. The zero-order valence-electron chi connectivity index (χ0n) is 16.8. The SMILES string of the molecule is CC(C)C1CCN(c2ncc(NC3CC4(CC(NCCF)C4)C3)cn2)CC1. The maximum absolute atomic E-state index is 12.2. The molecule has 0 amide bonds. The lowest BCUT2D eigenvalue weighted by Crippen LogP contribution is -2.58. The van der Waals surface area contributed by atoms with Crippen LogP contribution in [-0.4, -0.2) is 48.4 Å². The van der Waals surface area contributed by atoms with E-state index in [4.69, 9.17) is 0 Å². The molecule has 1 aromatic rings. The molecule has 0 radical (unpaired) electrons. The summed E-state index contributed by atoms with van der Waals surface area (Å²) in [5, 5.41) is 6.87. The van der Waals surface area contributed by atoms with Crippen molar-refractivity contribution in [1.82, 2.24) is 15.3 Å². The zero-order chi connectivity index (χ0) is 18.9. The second-order valence-electron chi connectivity index (χ2n) is 9.34. The van der Waals surface area contributed by atoms with E-state index in [1.54, 1.807) is 0 Å². The van der Waals surface area contributed by atoms with Crippen LogP contribution in [-0.2, 0) is 0 Å². The number of hydrogen-bond donors (Lipinski definition) is 2. The molecule has 0 atom stereocenters. The highest BCUT2D eigenvalue weighted by molar-refractivity contribution is 5.44. The van der Waals surface area contributed by atoms with Gasteiger partial charge in [-0.05, 0) is 55.8 Å². The van der Waals surface area contributed by atoms with Crippen molar-refractivity contribution in [3.63, 3.8) is 0 Å². The van der Waals surface area contributed by atoms with Crippen molar-refractivity contribution in [2.24, 2.45) is 17.3 Å². The molecule has 1 aromatic heterocycles. The summed E-state index contributed by atoms with van der Waals surface area (Å²) in [5.74, 6) is 2.48. The number of halogens is 1. The third-order valence-corrected chi connectivity index (χ3v) is 7.02. The van der Waals surface area contributed by atoms with Crippen LogP contribution in [0.5, 0.6) is 0 Å². The van der Waals surface area contributed by atoms with Crippen LogP contribution in [0.1, 0.15) is 52.4 Å². The molecule has 1 spiro atoms. The number of alkyl halides is 1. The Morgan fingerprint density at radius 1 is 1.11 bits per heavy atom. The molecule has 150 valence electrons. The van der Waals surface area contributed by atoms with Crippen molar-refractivity contribution in [3.8, 4) is 0 Å². The van der Waals surface area contributed by atoms with Gasteiger partial charge >= 0.3 is 0 Å². The minimum Gasteiger partial charge on any atom is -0.380 e. The van der Waals surface area contributed by atoms with E-state index in [0.29, 0.717) is 24.0 Å². The van der Waals surface area contributed by atoms with Crippen LogP contribution in [0.15, 0.2) is 12.4 Å². The Balaban J connectivity index is 1.20. The van der Waals surface area contributed by atoms with Gasteiger partial charge < -0.3 is 15.5 Å². The van der Waals surface area contributed by atoms with Crippen LogP contribution >= 0.6 is 0 Å². The molecule has 1 aliphatic heterocycles. The molecule has 0 unspecified atom stereocenters. The van der Waals surface area contributed by atoms with Crippen molar-refractivity contribution in [3.05, 3.63) is 12.4 Å². The normalized spacial score (nSPS) is 31.0.